The molecule has 2 aliphatic carbocycles. The predicted molar refractivity (Wildman–Crippen MR) is 91.3 cm³/mol. The van der Waals surface area contributed by atoms with Crippen LogP contribution in [0.3, 0.4) is 0 Å². The summed E-state index contributed by atoms with van der Waals surface area (Å²) in [5, 5.41) is 0. The maximum absolute atomic E-state index is 13.4. The molecule has 126 valence electrons. The van der Waals surface area contributed by atoms with E-state index in [2.05, 4.69) is 19.1 Å². The highest BCUT2D eigenvalue weighted by atomic mass is 19.1. The van der Waals surface area contributed by atoms with Gasteiger partial charge in [0.15, 0.2) is 0 Å². The molecule has 2 aliphatic rings. The Labute approximate surface area is 139 Å². The summed E-state index contributed by atoms with van der Waals surface area (Å²) in [7, 11) is 0. The summed E-state index contributed by atoms with van der Waals surface area (Å²) in [6.45, 7) is 2.11. The van der Waals surface area contributed by atoms with Gasteiger partial charge in [-0.2, -0.15) is 0 Å². The number of hydrogen-bond acceptors (Lipinski definition) is 0. The molecule has 0 nitrogen and oxygen atoms in total. The number of benzene rings is 1. The van der Waals surface area contributed by atoms with Crippen LogP contribution in [0.4, 0.5) is 8.78 Å². The van der Waals surface area contributed by atoms with E-state index in [0.29, 0.717) is 5.92 Å². The second-order valence-electron chi connectivity index (χ2n) is 7.52. The van der Waals surface area contributed by atoms with Gasteiger partial charge in [-0.1, -0.05) is 12.2 Å². The molecule has 0 aromatic heterocycles. The zero-order valence-electron chi connectivity index (χ0n) is 14.1. The van der Waals surface area contributed by atoms with Crippen LogP contribution in [0.5, 0.6) is 0 Å². The minimum Gasteiger partial charge on any atom is -0.207 e. The molecule has 0 aliphatic heterocycles. The van der Waals surface area contributed by atoms with Gasteiger partial charge in [-0.25, -0.2) is 8.78 Å². The normalized spacial score (nSPS) is 32.3. The van der Waals surface area contributed by atoms with Gasteiger partial charge in [0.25, 0.3) is 0 Å². The van der Waals surface area contributed by atoms with Gasteiger partial charge in [-0.05, 0) is 99.7 Å². The van der Waals surface area contributed by atoms with Gasteiger partial charge in [0.05, 0.1) is 0 Å². The maximum Gasteiger partial charge on any atom is 0.126 e. The van der Waals surface area contributed by atoms with Crippen LogP contribution in [-0.2, 0) is 0 Å². The van der Waals surface area contributed by atoms with Crippen LogP contribution in [0.2, 0.25) is 0 Å². The number of rotatable bonds is 3. The van der Waals surface area contributed by atoms with Crippen LogP contribution in [0.25, 0.3) is 0 Å². The molecule has 1 aromatic carbocycles. The third kappa shape index (κ3) is 4.22. The zero-order valence-corrected chi connectivity index (χ0v) is 14.1. The number of halogens is 2. The van der Waals surface area contributed by atoms with Crippen molar-refractivity contribution in [2.75, 3.05) is 0 Å². The lowest BCUT2D eigenvalue weighted by atomic mass is 9.68. The molecule has 0 saturated heterocycles. The molecule has 0 atom stereocenters. The lowest BCUT2D eigenvalue weighted by molar-refractivity contribution is 0.171. The molecule has 0 radical (unpaired) electrons. The van der Waals surface area contributed by atoms with Crippen molar-refractivity contribution >= 4 is 0 Å². The smallest absolute Gasteiger partial charge is 0.126 e. The standard InChI is InChI=1S/C21H28F2/c1-2-3-15-4-6-16(7-5-15)17-8-10-18(11-9-17)19-12-20(22)14-21(23)13-19/h2-3,12-18H,4-11H2,1H3. The summed E-state index contributed by atoms with van der Waals surface area (Å²) in [6, 6.07) is 4.02. The first-order valence-electron chi connectivity index (χ1n) is 9.24. The molecule has 0 bridgehead atoms. The van der Waals surface area contributed by atoms with Crippen molar-refractivity contribution < 1.29 is 8.78 Å². The minimum atomic E-state index is -0.440. The summed E-state index contributed by atoms with van der Waals surface area (Å²) in [5.74, 6) is 1.96. The van der Waals surface area contributed by atoms with E-state index in [4.69, 9.17) is 0 Å². The average Bonchev–Trinajstić information content (AvgIpc) is 2.55. The monoisotopic (exact) mass is 318 g/mol. The molecule has 0 heterocycles. The molecule has 2 fully saturated rings. The Morgan fingerprint density at radius 2 is 1.30 bits per heavy atom. The molecule has 2 heteroatoms. The van der Waals surface area contributed by atoms with Gasteiger partial charge < -0.3 is 0 Å². The quantitative estimate of drug-likeness (QED) is 0.549. The summed E-state index contributed by atoms with van der Waals surface area (Å²) in [6.07, 6.45) is 14.6. The third-order valence-electron chi connectivity index (χ3n) is 6.08. The van der Waals surface area contributed by atoms with E-state index >= 15 is 0 Å². The first-order chi connectivity index (χ1) is 11.2. The third-order valence-corrected chi connectivity index (χ3v) is 6.08. The molecule has 0 unspecified atom stereocenters. The van der Waals surface area contributed by atoms with Crippen LogP contribution in [0, 0.1) is 29.4 Å². The van der Waals surface area contributed by atoms with Gasteiger partial charge in [-0.3, -0.25) is 0 Å². The topological polar surface area (TPSA) is 0 Å². The Balaban J connectivity index is 1.52. The Bertz CT molecular complexity index is 513. The number of allylic oxidation sites excluding steroid dienone is 2. The van der Waals surface area contributed by atoms with Crippen molar-refractivity contribution in [3.05, 3.63) is 47.5 Å². The molecular weight excluding hydrogens is 290 g/mol. The fraction of sp³-hybridized carbons (Fsp3) is 0.619. The predicted octanol–water partition coefficient (Wildman–Crippen LogP) is 6.62. The van der Waals surface area contributed by atoms with Gasteiger partial charge in [-0.15, -0.1) is 0 Å². The van der Waals surface area contributed by atoms with E-state index in [1.165, 1.54) is 50.7 Å². The Morgan fingerprint density at radius 1 is 0.783 bits per heavy atom. The SMILES string of the molecule is CC=CC1CCC(C2CCC(c3cc(F)cc(F)c3)CC2)CC1. The Hall–Kier alpha value is -1.18. The second kappa shape index (κ2) is 7.59. The van der Waals surface area contributed by atoms with Crippen molar-refractivity contribution in [2.24, 2.45) is 17.8 Å². The van der Waals surface area contributed by atoms with E-state index in [0.717, 1.165) is 42.2 Å². The average molecular weight is 318 g/mol. The minimum absolute atomic E-state index is 0.343. The highest BCUT2D eigenvalue weighted by Gasteiger charge is 2.30. The van der Waals surface area contributed by atoms with Crippen molar-refractivity contribution in [2.45, 2.75) is 64.2 Å². The van der Waals surface area contributed by atoms with Crippen molar-refractivity contribution in [1.29, 1.82) is 0 Å². The fourth-order valence-electron chi connectivity index (χ4n) is 4.82. The Morgan fingerprint density at radius 3 is 1.83 bits per heavy atom. The van der Waals surface area contributed by atoms with Crippen molar-refractivity contribution in [1.82, 2.24) is 0 Å². The number of hydrogen-bond donors (Lipinski definition) is 0. The van der Waals surface area contributed by atoms with E-state index in [1.54, 1.807) is 0 Å². The molecule has 23 heavy (non-hydrogen) atoms. The fourth-order valence-corrected chi connectivity index (χ4v) is 4.82. The van der Waals surface area contributed by atoms with E-state index in [-0.39, 0.29) is 0 Å². The molecule has 1 aromatic rings. The second-order valence-corrected chi connectivity index (χ2v) is 7.52. The van der Waals surface area contributed by atoms with Gasteiger partial charge in [0, 0.05) is 6.07 Å². The molecule has 0 amide bonds. The van der Waals surface area contributed by atoms with Gasteiger partial charge >= 0.3 is 0 Å². The largest absolute Gasteiger partial charge is 0.207 e. The first-order valence-corrected chi connectivity index (χ1v) is 9.24. The van der Waals surface area contributed by atoms with Crippen molar-refractivity contribution in [3.8, 4) is 0 Å². The zero-order chi connectivity index (χ0) is 16.2. The van der Waals surface area contributed by atoms with Crippen LogP contribution in [0.1, 0.15) is 69.8 Å². The first kappa shape index (κ1) is 16.7. The van der Waals surface area contributed by atoms with Gasteiger partial charge in [0.1, 0.15) is 11.6 Å². The summed E-state index contributed by atoms with van der Waals surface area (Å²) in [5.41, 5.74) is 0.859. The van der Waals surface area contributed by atoms with Crippen LogP contribution >= 0.6 is 0 Å². The van der Waals surface area contributed by atoms with Gasteiger partial charge in [0.2, 0.25) is 0 Å². The highest BCUT2D eigenvalue weighted by Crippen LogP contribution is 2.44. The molecule has 0 N–H and O–H groups in total. The lowest BCUT2D eigenvalue weighted by Crippen LogP contribution is -2.25. The summed E-state index contributed by atoms with van der Waals surface area (Å²) >= 11 is 0. The van der Waals surface area contributed by atoms with E-state index in [1.807, 2.05) is 0 Å². The summed E-state index contributed by atoms with van der Waals surface area (Å²) in [4.78, 5) is 0. The Kier molecular flexibility index (Phi) is 5.50. The molecule has 2 saturated carbocycles. The van der Waals surface area contributed by atoms with Crippen LogP contribution in [0.15, 0.2) is 30.4 Å². The molecule has 3 rings (SSSR count). The van der Waals surface area contributed by atoms with Crippen LogP contribution in [-0.4, -0.2) is 0 Å². The highest BCUT2D eigenvalue weighted by molar-refractivity contribution is 5.22. The molecular formula is C21H28F2. The lowest BCUT2D eigenvalue weighted by Gasteiger charge is -2.37. The van der Waals surface area contributed by atoms with E-state index < -0.39 is 11.6 Å². The maximum atomic E-state index is 13.4. The van der Waals surface area contributed by atoms with Crippen LogP contribution < -0.4 is 0 Å². The summed E-state index contributed by atoms with van der Waals surface area (Å²) < 4.78 is 26.8. The van der Waals surface area contributed by atoms with E-state index in [9.17, 15) is 8.78 Å². The molecule has 0 spiro atoms. The van der Waals surface area contributed by atoms with Crippen molar-refractivity contribution in [3.63, 3.8) is 0 Å².